The van der Waals surface area contributed by atoms with E-state index in [9.17, 15) is 9.90 Å². The van der Waals surface area contributed by atoms with E-state index in [1.807, 2.05) is 13.0 Å². The number of carbonyl (C=O) groups is 1. The van der Waals surface area contributed by atoms with Gasteiger partial charge in [0.1, 0.15) is 24.4 Å². The number of oxazole rings is 1. The van der Waals surface area contributed by atoms with Crippen molar-refractivity contribution in [2.75, 3.05) is 19.6 Å². The second-order valence-electron chi connectivity index (χ2n) is 10.6. The number of rotatable bonds is 10. The van der Waals surface area contributed by atoms with E-state index in [1.165, 1.54) is 49.5 Å². The molecule has 9 heteroatoms. The fourth-order valence-electron chi connectivity index (χ4n) is 5.61. The molecule has 2 aromatic heterocycles. The largest absolute Gasteiger partial charge is 0.485 e. The Kier molecular flexibility index (Phi) is 8.34. The van der Waals surface area contributed by atoms with Crippen LogP contribution in [0, 0.1) is 19.8 Å². The van der Waals surface area contributed by atoms with Crippen LogP contribution in [0.1, 0.15) is 70.0 Å². The van der Waals surface area contributed by atoms with Crippen LogP contribution >= 0.6 is 0 Å². The summed E-state index contributed by atoms with van der Waals surface area (Å²) in [6.07, 6.45) is 9.04. The van der Waals surface area contributed by atoms with Crippen LogP contribution in [0.5, 0.6) is 5.75 Å². The molecule has 5 rings (SSSR count). The number of hydrogen-bond donors (Lipinski definition) is 2. The van der Waals surface area contributed by atoms with Gasteiger partial charge in [-0.15, -0.1) is 0 Å². The summed E-state index contributed by atoms with van der Waals surface area (Å²) in [6.45, 7) is 6.59. The van der Waals surface area contributed by atoms with Crippen LogP contribution in [0.3, 0.4) is 0 Å². The number of fused-ring (bicyclic) bond motifs is 1. The predicted molar refractivity (Wildman–Crippen MR) is 142 cm³/mol. The van der Waals surface area contributed by atoms with Crippen molar-refractivity contribution in [2.24, 2.45) is 5.92 Å². The molecule has 1 aliphatic carbocycles. The summed E-state index contributed by atoms with van der Waals surface area (Å²) in [5, 5.41) is 13.5. The Balaban J connectivity index is 1.10. The Morgan fingerprint density at radius 1 is 1.24 bits per heavy atom. The number of aliphatic hydroxyl groups excluding tert-OH is 1. The molecule has 1 aromatic carbocycles. The molecule has 1 amide bonds. The monoisotopic (exact) mass is 519 g/mol. The highest BCUT2D eigenvalue weighted by Crippen LogP contribution is 2.30. The Labute approximate surface area is 223 Å². The third-order valence-electron chi connectivity index (χ3n) is 7.82. The van der Waals surface area contributed by atoms with Crippen LogP contribution in [0.25, 0.3) is 0 Å². The van der Waals surface area contributed by atoms with Gasteiger partial charge in [-0.3, -0.25) is 9.69 Å². The summed E-state index contributed by atoms with van der Waals surface area (Å²) >= 11 is 0. The molecular weight excluding hydrogens is 482 g/mol. The molecule has 2 aliphatic rings. The maximum absolute atomic E-state index is 12.7. The van der Waals surface area contributed by atoms with Crippen molar-refractivity contribution in [3.63, 3.8) is 0 Å². The van der Waals surface area contributed by atoms with Crippen molar-refractivity contribution in [2.45, 2.75) is 71.6 Å². The standard InChI is InChI=1S/C29H37N5O4/c1-19-25-9-10-34(14-22(25)7-8-27(19)37-16-28-20(2)33-18-38-28)15-24(35)13-30-29(36)26-12-23(31-17-32-26)11-21-5-3-4-6-21/h7-8,12,17-18,21,24,35H,3-6,9-11,13-16H2,1-2H3,(H,30,36)/t24-/m0/s1. The van der Waals surface area contributed by atoms with E-state index in [1.54, 1.807) is 6.07 Å². The van der Waals surface area contributed by atoms with Gasteiger partial charge in [0.25, 0.3) is 5.91 Å². The minimum Gasteiger partial charge on any atom is -0.485 e. The van der Waals surface area contributed by atoms with E-state index in [0.717, 1.165) is 54.4 Å². The fourth-order valence-corrected chi connectivity index (χ4v) is 5.61. The Hall–Kier alpha value is -3.30. The van der Waals surface area contributed by atoms with E-state index in [2.05, 4.69) is 38.2 Å². The lowest BCUT2D eigenvalue weighted by atomic mass is 9.94. The van der Waals surface area contributed by atoms with Crippen LogP contribution in [0.15, 0.2) is 35.3 Å². The first-order valence-corrected chi connectivity index (χ1v) is 13.6. The van der Waals surface area contributed by atoms with E-state index < -0.39 is 6.10 Å². The number of nitrogens with one attached hydrogen (secondary N) is 1. The topological polar surface area (TPSA) is 114 Å². The van der Waals surface area contributed by atoms with Gasteiger partial charge in [-0.05, 0) is 61.4 Å². The maximum Gasteiger partial charge on any atom is 0.270 e. The van der Waals surface area contributed by atoms with Crippen LogP contribution in [-0.2, 0) is 26.0 Å². The van der Waals surface area contributed by atoms with Crippen LogP contribution in [-0.4, -0.2) is 56.6 Å². The van der Waals surface area contributed by atoms with Crippen molar-refractivity contribution in [3.05, 3.63) is 70.5 Å². The first-order chi connectivity index (χ1) is 18.5. The smallest absolute Gasteiger partial charge is 0.270 e. The molecule has 0 radical (unpaired) electrons. The van der Waals surface area contributed by atoms with Crippen molar-refractivity contribution in [3.8, 4) is 5.75 Å². The van der Waals surface area contributed by atoms with E-state index in [-0.39, 0.29) is 12.5 Å². The van der Waals surface area contributed by atoms with Crippen molar-refractivity contribution >= 4 is 5.91 Å². The Bertz CT molecular complexity index is 1250. The average Bonchev–Trinajstić information content (AvgIpc) is 3.58. The molecule has 202 valence electrons. The minimum absolute atomic E-state index is 0.178. The molecule has 0 spiro atoms. The zero-order valence-corrected chi connectivity index (χ0v) is 22.3. The predicted octanol–water partition coefficient (Wildman–Crippen LogP) is 3.54. The first-order valence-electron chi connectivity index (χ1n) is 13.6. The van der Waals surface area contributed by atoms with Gasteiger partial charge in [-0.25, -0.2) is 15.0 Å². The van der Waals surface area contributed by atoms with Crippen LogP contribution < -0.4 is 10.1 Å². The summed E-state index contributed by atoms with van der Waals surface area (Å²) in [5.41, 5.74) is 5.80. The lowest BCUT2D eigenvalue weighted by Gasteiger charge is -2.31. The van der Waals surface area contributed by atoms with Crippen molar-refractivity contribution < 1.29 is 19.1 Å². The second-order valence-corrected chi connectivity index (χ2v) is 10.6. The molecule has 0 saturated heterocycles. The number of benzene rings is 1. The number of β-amino-alcohol motifs (C(OH)–C–C–N with tert-alkyl or cyclic N) is 1. The third-order valence-corrected chi connectivity index (χ3v) is 7.82. The molecular formula is C29H37N5O4. The molecule has 1 aliphatic heterocycles. The molecule has 1 atom stereocenters. The van der Waals surface area contributed by atoms with Gasteiger partial charge in [0, 0.05) is 31.9 Å². The SMILES string of the molecule is Cc1ncoc1COc1ccc2c(c1C)CCN(C[C@@H](O)CNC(=O)c1cc(CC3CCCC3)ncn1)C2. The number of aliphatic hydroxyl groups is 1. The number of aryl methyl sites for hydroxylation is 1. The Morgan fingerprint density at radius 3 is 2.87 bits per heavy atom. The number of carbonyl (C=O) groups excluding carboxylic acids is 1. The first kappa shape index (κ1) is 26.3. The number of aromatic nitrogens is 3. The van der Waals surface area contributed by atoms with Gasteiger partial charge in [0.05, 0.1) is 11.8 Å². The lowest BCUT2D eigenvalue weighted by Crippen LogP contribution is -2.42. The van der Waals surface area contributed by atoms with Gasteiger partial charge in [-0.1, -0.05) is 31.7 Å². The van der Waals surface area contributed by atoms with Gasteiger partial charge < -0.3 is 19.6 Å². The van der Waals surface area contributed by atoms with Crippen molar-refractivity contribution in [1.82, 2.24) is 25.2 Å². The highest BCUT2D eigenvalue weighted by atomic mass is 16.5. The van der Waals surface area contributed by atoms with E-state index in [4.69, 9.17) is 9.15 Å². The molecule has 3 aromatic rings. The van der Waals surface area contributed by atoms with Crippen molar-refractivity contribution in [1.29, 1.82) is 0 Å². The quantitative estimate of drug-likeness (QED) is 0.418. The van der Waals surface area contributed by atoms with Crippen LogP contribution in [0.2, 0.25) is 0 Å². The van der Waals surface area contributed by atoms with Gasteiger partial charge in [0.15, 0.2) is 12.2 Å². The zero-order chi connectivity index (χ0) is 26.5. The summed E-state index contributed by atoms with van der Waals surface area (Å²) in [5.74, 6) is 1.97. The molecule has 1 fully saturated rings. The summed E-state index contributed by atoms with van der Waals surface area (Å²) in [7, 11) is 0. The zero-order valence-electron chi connectivity index (χ0n) is 22.3. The Morgan fingerprint density at radius 2 is 2.08 bits per heavy atom. The minimum atomic E-state index is -0.672. The third kappa shape index (κ3) is 6.39. The number of ether oxygens (including phenoxy) is 1. The fraction of sp³-hybridized carbons (Fsp3) is 0.517. The van der Waals surface area contributed by atoms with Gasteiger partial charge in [-0.2, -0.15) is 0 Å². The van der Waals surface area contributed by atoms with Crippen LogP contribution in [0.4, 0.5) is 0 Å². The molecule has 38 heavy (non-hydrogen) atoms. The highest BCUT2D eigenvalue weighted by molar-refractivity contribution is 5.92. The van der Waals surface area contributed by atoms with E-state index >= 15 is 0 Å². The molecule has 0 bridgehead atoms. The maximum atomic E-state index is 12.7. The van der Waals surface area contributed by atoms with E-state index in [0.29, 0.717) is 24.8 Å². The van der Waals surface area contributed by atoms with Gasteiger partial charge in [0.2, 0.25) is 0 Å². The number of hydrogen-bond acceptors (Lipinski definition) is 8. The molecule has 9 nitrogen and oxygen atoms in total. The average molecular weight is 520 g/mol. The number of nitrogens with zero attached hydrogens (tertiary/aromatic N) is 4. The van der Waals surface area contributed by atoms with Gasteiger partial charge >= 0.3 is 0 Å². The molecule has 0 unspecified atom stereocenters. The molecule has 3 heterocycles. The molecule has 1 saturated carbocycles. The summed E-state index contributed by atoms with van der Waals surface area (Å²) < 4.78 is 11.4. The second kappa shape index (κ2) is 12.0. The normalized spacial score (nSPS) is 16.8. The highest BCUT2D eigenvalue weighted by Gasteiger charge is 2.23. The summed E-state index contributed by atoms with van der Waals surface area (Å²) in [6, 6.07) is 5.89. The summed E-state index contributed by atoms with van der Waals surface area (Å²) in [4.78, 5) is 27.5. The lowest BCUT2D eigenvalue weighted by molar-refractivity contribution is 0.0837. The molecule has 2 N–H and O–H groups in total. The number of amides is 1.